The summed E-state index contributed by atoms with van der Waals surface area (Å²) in [5.41, 5.74) is 1.34. The molecule has 0 aliphatic carbocycles. The average Bonchev–Trinajstić information content (AvgIpc) is 3.17. The van der Waals surface area contributed by atoms with Gasteiger partial charge in [0.05, 0.1) is 19.1 Å². The van der Waals surface area contributed by atoms with Crippen LogP contribution in [0.5, 0.6) is 0 Å². The number of nitrogens with zero attached hydrogens (tertiary/aromatic N) is 4. The molecule has 0 spiro atoms. The number of amides is 1. The molecule has 1 N–H and O–H groups in total. The first-order valence-electron chi connectivity index (χ1n) is 9.19. The van der Waals surface area contributed by atoms with Gasteiger partial charge in [-0.1, -0.05) is 41.4 Å². The first kappa shape index (κ1) is 21.7. The Hall–Kier alpha value is -2.97. The molecule has 0 saturated heterocycles. The van der Waals surface area contributed by atoms with E-state index in [0.29, 0.717) is 21.4 Å². The summed E-state index contributed by atoms with van der Waals surface area (Å²) in [7, 11) is 0. The predicted molar refractivity (Wildman–Crippen MR) is 112 cm³/mol. The number of benzene rings is 2. The lowest BCUT2D eigenvalue weighted by molar-refractivity contribution is -0.143. The zero-order valence-electron chi connectivity index (χ0n) is 16.1. The summed E-state index contributed by atoms with van der Waals surface area (Å²) in [6.07, 6.45) is -0.0515. The van der Waals surface area contributed by atoms with Crippen LogP contribution in [0.15, 0.2) is 48.5 Å². The molecule has 3 rings (SSSR count). The Balaban J connectivity index is 1.70. The molecule has 2 aromatic carbocycles. The van der Waals surface area contributed by atoms with Crippen molar-refractivity contribution < 1.29 is 14.3 Å². The molecule has 30 heavy (non-hydrogen) atoms. The quantitative estimate of drug-likeness (QED) is 0.530. The largest absolute Gasteiger partial charge is 0.466 e. The number of esters is 1. The molecule has 0 aliphatic heterocycles. The number of carbonyl (C=O) groups is 2. The molecule has 1 atom stereocenters. The third-order valence-corrected chi connectivity index (χ3v) is 4.73. The maximum Gasteiger partial charge on any atom is 0.308 e. The summed E-state index contributed by atoms with van der Waals surface area (Å²) in [5.74, 6) is -0.468. The molecule has 8 nitrogen and oxygen atoms in total. The number of halogens is 2. The Morgan fingerprint density at radius 3 is 2.57 bits per heavy atom. The van der Waals surface area contributed by atoms with Crippen LogP contribution in [0.3, 0.4) is 0 Å². The SMILES string of the molecule is CCOC(=O)C[C@H](NC(=O)Cn1nnc(-c2ccc(Cl)cc2)n1)c1ccccc1Cl. The standard InChI is InChI=1S/C20H19Cl2N5O3/c1-2-30-19(29)11-17(15-5-3-4-6-16(15)22)23-18(28)12-27-25-20(24-26-27)13-7-9-14(21)10-8-13/h3-10,17H,2,11-12H2,1H3,(H,23,28)/t17-/m0/s1. The Bertz CT molecular complexity index is 1020. The number of rotatable bonds is 8. The molecule has 1 amide bonds. The van der Waals surface area contributed by atoms with Gasteiger partial charge in [0, 0.05) is 15.6 Å². The molecule has 0 saturated carbocycles. The van der Waals surface area contributed by atoms with E-state index in [2.05, 4.69) is 20.7 Å². The van der Waals surface area contributed by atoms with Gasteiger partial charge in [-0.05, 0) is 48.0 Å². The topological polar surface area (TPSA) is 99.0 Å². The minimum atomic E-state index is -0.649. The van der Waals surface area contributed by atoms with Crippen molar-refractivity contribution in [3.8, 4) is 11.4 Å². The summed E-state index contributed by atoms with van der Waals surface area (Å²) < 4.78 is 5.01. The summed E-state index contributed by atoms with van der Waals surface area (Å²) in [4.78, 5) is 25.8. The molecule has 0 bridgehead atoms. The Kier molecular flexibility index (Phi) is 7.37. The lowest BCUT2D eigenvalue weighted by atomic mass is 10.0. The van der Waals surface area contributed by atoms with Gasteiger partial charge in [0.2, 0.25) is 11.7 Å². The van der Waals surface area contributed by atoms with Gasteiger partial charge in [-0.15, -0.1) is 10.2 Å². The summed E-state index contributed by atoms with van der Waals surface area (Å²) >= 11 is 12.1. The predicted octanol–water partition coefficient (Wildman–Crippen LogP) is 3.46. The zero-order valence-corrected chi connectivity index (χ0v) is 17.6. The van der Waals surface area contributed by atoms with Crippen molar-refractivity contribution in [2.45, 2.75) is 25.9 Å². The van der Waals surface area contributed by atoms with Crippen LogP contribution in [0, 0.1) is 0 Å². The highest BCUT2D eigenvalue weighted by molar-refractivity contribution is 6.31. The van der Waals surface area contributed by atoms with Crippen LogP contribution >= 0.6 is 23.2 Å². The van der Waals surface area contributed by atoms with Crippen LogP contribution in [0.4, 0.5) is 0 Å². The molecular formula is C20H19Cl2N5O3. The van der Waals surface area contributed by atoms with Crippen molar-refractivity contribution >= 4 is 35.1 Å². The van der Waals surface area contributed by atoms with Crippen molar-refractivity contribution in [2.24, 2.45) is 0 Å². The van der Waals surface area contributed by atoms with Gasteiger partial charge < -0.3 is 10.1 Å². The third kappa shape index (κ3) is 5.77. The Morgan fingerprint density at radius 1 is 1.13 bits per heavy atom. The monoisotopic (exact) mass is 447 g/mol. The Labute approximate surface area is 183 Å². The van der Waals surface area contributed by atoms with E-state index in [1.54, 1.807) is 55.5 Å². The van der Waals surface area contributed by atoms with Crippen LogP contribution in [-0.4, -0.2) is 38.7 Å². The van der Waals surface area contributed by atoms with E-state index < -0.39 is 17.9 Å². The van der Waals surface area contributed by atoms with Gasteiger partial charge in [0.25, 0.3) is 0 Å². The number of hydrogen-bond acceptors (Lipinski definition) is 6. The van der Waals surface area contributed by atoms with Gasteiger partial charge in [-0.25, -0.2) is 0 Å². The van der Waals surface area contributed by atoms with Crippen LogP contribution < -0.4 is 5.32 Å². The smallest absolute Gasteiger partial charge is 0.308 e. The van der Waals surface area contributed by atoms with E-state index in [1.165, 1.54) is 4.80 Å². The fourth-order valence-electron chi connectivity index (χ4n) is 2.78. The Morgan fingerprint density at radius 2 is 1.87 bits per heavy atom. The second-order valence-corrected chi connectivity index (χ2v) is 7.14. The van der Waals surface area contributed by atoms with Gasteiger partial charge in [0.15, 0.2) is 0 Å². The van der Waals surface area contributed by atoms with E-state index in [1.807, 2.05) is 0 Å². The minimum Gasteiger partial charge on any atom is -0.466 e. The summed E-state index contributed by atoms with van der Waals surface area (Å²) in [6.45, 7) is 1.79. The molecular weight excluding hydrogens is 429 g/mol. The number of aromatic nitrogens is 4. The highest BCUT2D eigenvalue weighted by Crippen LogP contribution is 2.25. The fraction of sp³-hybridized carbons (Fsp3) is 0.250. The molecule has 0 unspecified atom stereocenters. The molecule has 1 heterocycles. The van der Waals surface area contributed by atoms with E-state index in [-0.39, 0.29) is 19.6 Å². The maximum atomic E-state index is 12.6. The highest BCUT2D eigenvalue weighted by Gasteiger charge is 2.22. The molecule has 1 aromatic heterocycles. The number of hydrogen-bond donors (Lipinski definition) is 1. The van der Waals surface area contributed by atoms with Crippen molar-refractivity contribution in [3.05, 3.63) is 64.1 Å². The minimum absolute atomic E-state index is 0.0515. The summed E-state index contributed by atoms with van der Waals surface area (Å²) in [5, 5.41) is 15.9. The molecule has 156 valence electrons. The van der Waals surface area contributed by atoms with Crippen LogP contribution in [0.25, 0.3) is 11.4 Å². The van der Waals surface area contributed by atoms with Gasteiger partial charge in [0.1, 0.15) is 6.54 Å². The second kappa shape index (κ2) is 10.2. The fourth-order valence-corrected chi connectivity index (χ4v) is 3.17. The number of tetrazole rings is 1. The third-order valence-electron chi connectivity index (χ3n) is 4.13. The second-order valence-electron chi connectivity index (χ2n) is 6.30. The molecule has 0 fully saturated rings. The maximum absolute atomic E-state index is 12.6. The van der Waals surface area contributed by atoms with E-state index in [4.69, 9.17) is 27.9 Å². The number of nitrogens with one attached hydrogen (secondary N) is 1. The zero-order chi connectivity index (χ0) is 21.5. The lowest BCUT2D eigenvalue weighted by Gasteiger charge is -2.19. The van der Waals surface area contributed by atoms with Crippen LogP contribution in [-0.2, 0) is 20.9 Å². The molecule has 10 heteroatoms. The van der Waals surface area contributed by atoms with Crippen molar-refractivity contribution in [2.75, 3.05) is 6.61 Å². The van der Waals surface area contributed by atoms with Gasteiger partial charge in [-0.3, -0.25) is 9.59 Å². The lowest BCUT2D eigenvalue weighted by Crippen LogP contribution is -2.34. The summed E-state index contributed by atoms with van der Waals surface area (Å²) in [6, 6.07) is 13.3. The van der Waals surface area contributed by atoms with E-state index in [9.17, 15) is 9.59 Å². The van der Waals surface area contributed by atoms with Crippen LogP contribution in [0.1, 0.15) is 24.9 Å². The average molecular weight is 448 g/mol. The number of ether oxygens (including phenoxy) is 1. The van der Waals surface area contributed by atoms with E-state index in [0.717, 1.165) is 5.56 Å². The van der Waals surface area contributed by atoms with Crippen LogP contribution in [0.2, 0.25) is 10.0 Å². The van der Waals surface area contributed by atoms with Gasteiger partial charge >= 0.3 is 5.97 Å². The van der Waals surface area contributed by atoms with Gasteiger partial charge in [-0.2, -0.15) is 4.80 Å². The normalized spacial score (nSPS) is 11.7. The molecule has 3 aromatic rings. The van der Waals surface area contributed by atoms with Crippen molar-refractivity contribution in [1.29, 1.82) is 0 Å². The first-order chi connectivity index (χ1) is 14.5. The number of carbonyl (C=O) groups excluding carboxylic acids is 2. The molecule has 0 aliphatic rings. The first-order valence-corrected chi connectivity index (χ1v) is 9.95. The van der Waals surface area contributed by atoms with E-state index >= 15 is 0 Å². The van der Waals surface area contributed by atoms with Crippen molar-refractivity contribution in [3.63, 3.8) is 0 Å². The molecule has 0 radical (unpaired) electrons. The van der Waals surface area contributed by atoms with Crippen molar-refractivity contribution in [1.82, 2.24) is 25.5 Å². The highest BCUT2D eigenvalue weighted by atomic mass is 35.5.